The molecule has 2 rings (SSSR count). The van der Waals surface area contributed by atoms with Crippen LogP contribution in [0, 0.1) is 19.3 Å². The molecule has 0 atom stereocenters. The van der Waals surface area contributed by atoms with Crippen LogP contribution in [0.25, 0.3) is 11.1 Å². The van der Waals surface area contributed by atoms with Gasteiger partial charge in [-0.25, -0.2) is 4.79 Å². The molecule has 0 unspecified atom stereocenters. The van der Waals surface area contributed by atoms with Gasteiger partial charge in [0.2, 0.25) is 0 Å². The van der Waals surface area contributed by atoms with Crippen LogP contribution in [0.3, 0.4) is 0 Å². The molecule has 0 saturated carbocycles. The monoisotopic (exact) mass is 339 g/mol. The molecule has 132 valence electrons. The number of carboxylic acids is 1. The van der Waals surface area contributed by atoms with E-state index in [-0.39, 0.29) is 16.9 Å². The Bertz CT molecular complexity index is 816. The highest BCUT2D eigenvalue weighted by Crippen LogP contribution is 2.28. The molecule has 0 saturated heterocycles. The van der Waals surface area contributed by atoms with Crippen LogP contribution in [-0.2, 0) is 0 Å². The Balaban J connectivity index is 2.35. The number of benzene rings is 2. The second-order valence-electron chi connectivity index (χ2n) is 7.63. The molecule has 2 N–H and O–H groups in total. The van der Waals surface area contributed by atoms with E-state index in [9.17, 15) is 14.7 Å². The molecule has 0 aliphatic heterocycles. The number of carbonyl (C=O) groups excluding carboxylic acids is 1. The standard InChI is InChI=1S/C21H25NO3/c1-13-6-8-17(18(10-13)20(24)25)16-9-7-15(11-14(16)2)19(23)22-12-21(3,4)5/h6-11H,12H2,1-5H3,(H,22,23)(H,24,25). The average molecular weight is 339 g/mol. The number of rotatable bonds is 4. The van der Waals surface area contributed by atoms with Crippen LogP contribution in [0.4, 0.5) is 0 Å². The van der Waals surface area contributed by atoms with Crippen molar-refractivity contribution in [3.8, 4) is 11.1 Å². The molecule has 0 aromatic heterocycles. The van der Waals surface area contributed by atoms with E-state index in [4.69, 9.17) is 0 Å². The van der Waals surface area contributed by atoms with Crippen molar-refractivity contribution in [3.05, 3.63) is 58.7 Å². The van der Waals surface area contributed by atoms with Crippen LogP contribution in [0.5, 0.6) is 0 Å². The van der Waals surface area contributed by atoms with Gasteiger partial charge in [0.05, 0.1) is 5.56 Å². The van der Waals surface area contributed by atoms with Crippen LogP contribution in [-0.4, -0.2) is 23.5 Å². The number of carbonyl (C=O) groups is 2. The normalized spacial score (nSPS) is 11.2. The van der Waals surface area contributed by atoms with Crippen molar-refractivity contribution >= 4 is 11.9 Å². The van der Waals surface area contributed by atoms with Crippen molar-refractivity contribution in [3.63, 3.8) is 0 Å². The summed E-state index contributed by atoms with van der Waals surface area (Å²) in [4.78, 5) is 23.9. The molecule has 2 aromatic carbocycles. The second-order valence-corrected chi connectivity index (χ2v) is 7.63. The lowest BCUT2D eigenvalue weighted by Gasteiger charge is -2.19. The summed E-state index contributed by atoms with van der Waals surface area (Å²) in [5.74, 6) is -1.07. The van der Waals surface area contributed by atoms with Gasteiger partial charge in [-0.15, -0.1) is 0 Å². The Morgan fingerprint density at radius 2 is 1.64 bits per heavy atom. The molecule has 0 aliphatic rings. The number of aromatic carboxylic acids is 1. The van der Waals surface area contributed by atoms with Gasteiger partial charge in [0.15, 0.2) is 0 Å². The highest BCUT2D eigenvalue weighted by Gasteiger charge is 2.16. The molecule has 0 heterocycles. The molecule has 0 radical (unpaired) electrons. The Hall–Kier alpha value is -2.62. The third-order valence-corrected chi connectivity index (χ3v) is 3.96. The summed E-state index contributed by atoms with van der Waals surface area (Å²) in [6, 6.07) is 10.7. The molecule has 4 nitrogen and oxygen atoms in total. The van der Waals surface area contributed by atoms with E-state index in [0.29, 0.717) is 17.7 Å². The summed E-state index contributed by atoms with van der Waals surface area (Å²) in [5, 5.41) is 12.4. The molecule has 4 heteroatoms. The van der Waals surface area contributed by atoms with Crippen LogP contribution >= 0.6 is 0 Å². The zero-order chi connectivity index (χ0) is 18.8. The Morgan fingerprint density at radius 3 is 2.20 bits per heavy atom. The summed E-state index contributed by atoms with van der Waals surface area (Å²) in [7, 11) is 0. The zero-order valence-corrected chi connectivity index (χ0v) is 15.4. The Labute approximate surface area is 148 Å². The molecular formula is C21H25NO3. The highest BCUT2D eigenvalue weighted by atomic mass is 16.4. The number of hydrogen-bond donors (Lipinski definition) is 2. The van der Waals surface area contributed by atoms with Crippen molar-refractivity contribution in [2.75, 3.05) is 6.54 Å². The average Bonchev–Trinajstić information content (AvgIpc) is 2.52. The van der Waals surface area contributed by atoms with Crippen molar-refractivity contribution in [2.24, 2.45) is 5.41 Å². The molecule has 0 fully saturated rings. The van der Waals surface area contributed by atoms with E-state index >= 15 is 0 Å². The molecule has 1 amide bonds. The van der Waals surface area contributed by atoms with E-state index in [1.807, 2.05) is 32.0 Å². The number of carboxylic acid groups (broad SMARTS) is 1. The van der Waals surface area contributed by atoms with E-state index in [2.05, 4.69) is 26.1 Å². The number of nitrogens with one attached hydrogen (secondary N) is 1. The maximum absolute atomic E-state index is 12.3. The second kappa shape index (κ2) is 7.09. The van der Waals surface area contributed by atoms with Gasteiger partial charge in [0, 0.05) is 12.1 Å². The quantitative estimate of drug-likeness (QED) is 0.865. The summed E-state index contributed by atoms with van der Waals surface area (Å²) in [6.45, 7) is 10.5. The van der Waals surface area contributed by atoms with Crippen LogP contribution in [0.2, 0.25) is 0 Å². The van der Waals surface area contributed by atoms with Crippen LogP contribution in [0.1, 0.15) is 52.6 Å². The van der Waals surface area contributed by atoms with E-state index in [1.54, 1.807) is 18.2 Å². The van der Waals surface area contributed by atoms with Crippen molar-refractivity contribution in [1.29, 1.82) is 0 Å². The number of hydrogen-bond acceptors (Lipinski definition) is 2. The van der Waals surface area contributed by atoms with E-state index < -0.39 is 5.97 Å². The molecule has 25 heavy (non-hydrogen) atoms. The van der Waals surface area contributed by atoms with Gasteiger partial charge in [0.1, 0.15) is 0 Å². The number of amides is 1. The number of aryl methyl sites for hydroxylation is 2. The fourth-order valence-corrected chi connectivity index (χ4v) is 2.62. The van der Waals surface area contributed by atoms with Gasteiger partial charge in [-0.05, 0) is 54.2 Å². The van der Waals surface area contributed by atoms with Crippen LogP contribution in [0.15, 0.2) is 36.4 Å². The van der Waals surface area contributed by atoms with E-state index in [0.717, 1.165) is 16.7 Å². The van der Waals surface area contributed by atoms with Gasteiger partial charge >= 0.3 is 5.97 Å². The van der Waals surface area contributed by atoms with Crippen molar-refractivity contribution in [2.45, 2.75) is 34.6 Å². The Morgan fingerprint density at radius 1 is 1.00 bits per heavy atom. The molecular weight excluding hydrogens is 314 g/mol. The first kappa shape index (κ1) is 18.7. The fraction of sp³-hybridized carbons (Fsp3) is 0.333. The van der Waals surface area contributed by atoms with Gasteiger partial charge in [-0.3, -0.25) is 4.79 Å². The lowest BCUT2D eigenvalue weighted by Crippen LogP contribution is -2.32. The fourth-order valence-electron chi connectivity index (χ4n) is 2.62. The van der Waals surface area contributed by atoms with Gasteiger partial charge < -0.3 is 10.4 Å². The van der Waals surface area contributed by atoms with E-state index in [1.165, 1.54) is 0 Å². The first-order chi connectivity index (χ1) is 11.6. The first-order valence-corrected chi connectivity index (χ1v) is 8.32. The van der Waals surface area contributed by atoms with Gasteiger partial charge in [0.25, 0.3) is 5.91 Å². The predicted octanol–water partition coefficient (Wildman–Crippen LogP) is 4.44. The molecule has 2 aromatic rings. The topological polar surface area (TPSA) is 66.4 Å². The minimum atomic E-state index is -0.954. The third kappa shape index (κ3) is 4.69. The molecule has 0 spiro atoms. The van der Waals surface area contributed by atoms with Crippen molar-refractivity contribution in [1.82, 2.24) is 5.32 Å². The molecule has 0 bridgehead atoms. The SMILES string of the molecule is Cc1ccc(-c2ccc(C(=O)NCC(C)(C)C)cc2C)c(C(=O)O)c1. The summed E-state index contributed by atoms with van der Waals surface area (Å²) in [5.41, 5.74) is 4.12. The molecule has 0 aliphatic carbocycles. The smallest absolute Gasteiger partial charge is 0.336 e. The maximum atomic E-state index is 12.3. The lowest BCUT2D eigenvalue weighted by atomic mass is 9.93. The van der Waals surface area contributed by atoms with Gasteiger partial charge in [-0.1, -0.05) is 44.5 Å². The predicted molar refractivity (Wildman–Crippen MR) is 100 cm³/mol. The summed E-state index contributed by atoms with van der Waals surface area (Å²) in [6.07, 6.45) is 0. The largest absolute Gasteiger partial charge is 0.478 e. The minimum Gasteiger partial charge on any atom is -0.478 e. The van der Waals surface area contributed by atoms with Crippen LogP contribution < -0.4 is 5.32 Å². The maximum Gasteiger partial charge on any atom is 0.336 e. The van der Waals surface area contributed by atoms with Crippen molar-refractivity contribution < 1.29 is 14.7 Å². The van der Waals surface area contributed by atoms with Gasteiger partial charge in [-0.2, -0.15) is 0 Å². The Kier molecular flexibility index (Phi) is 5.31. The summed E-state index contributed by atoms with van der Waals surface area (Å²) >= 11 is 0. The summed E-state index contributed by atoms with van der Waals surface area (Å²) < 4.78 is 0. The third-order valence-electron chi connectivity index (χ3n) is 3.96. The zero-order valence-electron chi connectivity index (χ0n) is 15.4. The highest BCUT2D eigenvalue weighted by molar-refractivity contribution is 5.98. The minimum absolute atomic E-state index is 0.0168. The lowest BCUT2D eigenvalue weighted by molar-refractivity contribution is 0.0697. The first-order valence-electron chi connectivity index (χ1n) is 8.32.